The summed E-state index contributed by atoms with van der Waals surface area (Å²) in [6.07, 6.45) is 3.54. The molecule has 0 bridgehead atoms. The van der Waals surface area contributed by atoms with Gasteiger partial charge in [0.1, 0.15) is 17.5 Å². The fourth-order valence-corrected chi connectivity index (χ4v) is 9.00. The van der Waals surface area contributed by atoms with Crippen LogP contribution in [0.5, 0.6) is 0 Å². The molecule has 37 heavy (non-hydrogen) atoms. The number of hydrogen-bond acceptors (Lipinski definition) is 7. The van der Waals surface area contributed by atoms with Crippen molar-refractivity contribution >= 4 is 17.3 Å². The molecule has 4 N–H and O–H groups in total. The molecule has 0 aromatic heterocycles. The summed E-state index contributed by atoms with van der Waals surface area (Å²) in [5, 5.41) is 43.7. The fourth-order valence-electron chi connectivity index (χ4n) is 9.00. The highest BCUT2D eigenvalue weighted by Crippen LogP contribution is 2.74. The maximum atomic E-state index is 14.2. The molecule has 9 atom stereocenters. The third-order valence-corrected chi connectivity index (χ3v) is 11.1. The molecule has 0 aromatic carbocycles. The van der Waals surface area contributed by atoms with Gasteiger partial charge < -0.3 is 20.4 Å². The number of fused-ring (bicyclic) bond motifs is 5. The van der Waals surface area contributed by atoms with Gasteiger partial charge in [0.2, 0.25) is 0 Å². The van der Waals surface area contributed by atoms with Gasteiger partial charge in [0, 0.05) is 23.2 Å². The van der Waals surface area contributed by atoms with E-state index in [4.69, 9.17) is 0 Å². The Morgan fingerprint density at radius 3 is 2.19 bits per heavy atom. The Labute approximate surface area is 220 Å². The summed E-state index contributed by atoms with van der Waals surface area (Å²) in [5.74, 6) is -2.24. The number of carbonyl (C=O) groups excluding carboxylic acids is 3. The second kappa shape index (κ2) is 8.17. The van der Waals surface area contributed by atoms with Gasteiger partial charge in [-0.25, -0.2) is 0 Å². The lowest BCUT2D eigenvalue weighted by atomic mass is 9.38. The first-order valence-corrected chi connectivity index (χ1v) is 13.5. The standard InChI is InChI=1S/C30H44O7/c1-25(2,36)12-11-21(33)30(8,37)23-19(32)14-27(5)20-10-9-16-17(13-18(31)24(35)26(16,3)4)29(20,7)22(34)15-28(23,27)6/h9,11-12,17-20,23,31-32,36-37H,10,13-15H2,1-8H3/b12-11+/t17-,18?,19?,20-,23?,27?,28+,29?,30?/m0/s1. The highest BCUT2D eigenvalue weighted by atomic mass is 16.3. The molecule has 0 aliphatic heterocycles. The monoisotopic (exact) mass is 516 g/mol. The first-order chi connectivity index (χ1) is 16.7. The molecular formula is C30H44O7. The normalized spacial score (nSPS) is 45.1. The van der Waals surface area contributed by atoms with Crippen molar-refractivity contribution in [3.63, 3.8) is 0 Å². The summed E-state index contributed by atoms with van der Waals surface area (Å²) in [7, 11) is 0. The molecule has 6 unspecified atom stereocenters. The van der Waals surface area contributed by atoms with Crippen molar-refractivity contribution in [3.05, 3.63) is 23.8 Å². The van der Waals surface area contributed by atoms with E-state index >= 15 is 0 Å². The molecule has 0 aromatic rings. The molecule has 4 rings (SSSR count). The second-order valence-electron chi connectivity index (χ2n) is 14.2. The van der Waals surface area contributed by atoms with E-state index in [2.05, 4.69) is 13.0 Å². The minimum absolute atomic E-state index is 0.0141. The highest BCUT2D eigenvalue weighted by molar-refractivity contribution is 5.98. The van der Waals surface area contributed by atoms with Crippen molar-refractivity contribution in [1.29, 1.82) is 0 Å². The van der Waals surface area contributed by atoms with E-state index in [1.807, 2.05) is 27.7 Å². The Hall–Kier alpha value is -1.67. The van der Waals surface area contributed by atoms with Crippen LogP contribution in [0.15, 0.2) is 23.8 Å². The molecule has 7 nitrogen and oxygen atoms in total. The third kappa shape index (κ3) is 3.71. The lowest BCUT2D eigenvalue weighted by Gasteiger charge is -2.64. The van der Waals surface area contributed by atoms with Gasteiger partial charge in [0.25, 0.3) is 0 Å². The average Bonchev–Trinajstić information content (AvgIpc) is 2.96. The van der Waals surface area contributed by atoms with Crippen molar-refractivity contribution < 1.29 is 34.8 Å². The van der Waals surface area contributed by atoms with E-state index < -0.39 is 56.8 Å². The van der Waals surface area contributed by atoms with Gasteiger partial charge in [-0.1, -0.05) is 38.5 Å². The van der Waals surface area contributed by atoms with Gasteiger partial charge in [-0.05, 0) is 82.6 Å². The molecule has 3 saturated carbocycles. The Bertz CT molecular complexity index is 1090. The van der Waals surface area contributed by atoms with Crippen LogP contribution < -0.4 is 0 Å². The predicted molar refractivity (Wildman–Crippen MR) is 138 cm³/mol. The van der Waals surface area contributed by atoms with Crippen molar-refractivity contribution in [2.75, 3.05) is 0 Å². The van der Waals surface area contributed by atoms with Gasteiger partial charge in [-0.2, -0.15) is 0 Å². The Morgan fingerprint density at radius 2 is 1.62 bits per heavy atom. The minimum Gasteiger partial charge on any atom is -0.393 e. The van der Waals surface area contributed by atoms with Crippen LogP contribution >= 0.6 is 0 Å². The second-order valence-corrected chi connectivity index (χ2v) is 14.2. The highest BCUT2D eigenvalue weighted by Gasteiger charge is 2.74. The number of rotatable bonds is 4. The molecule has 206 valence electrons. The Kier molecular flexibility index (Phi) is 6.26. The van der Waals surface area contributed by atoms with Crippen molar-refractivity contribution in [2.45, 2.75) is 104 Å². The van der Waals surface area contributed by atoms with E-state index in [0.717, 1.165) is 5.57 Å². The number of allylic oxidation sites excluding steroid dienone is 2. The fraction of sp³-hybridized carbons (Fsp3) is 0.767. The van der Waals surface area contributed by atoms with Crippen LogP contribution in [0.1, 0.15) is 81.1 Å². The molecule has 0 radical (unpaired) electrons. The van der Waals surface area contributed by atoms with Crippen LogP contribution in [0.2, 0.25) is 0 Å². The first-order valence-electron chi connectivity index (χ1n) is 13.5. The summed E-state index contributed by atoms with van der Waals surface area (Å²) in [5.41, 5.74) is -5.46. The summed E-state index contributed by atoms with van der Waals surface area (Å²) >= 11 is 0. The van der Waals surface area contributed by atoms with E-state index in [9.17, 15) is 34.8 Å². The molecule has 0 amide bonds. The van der Waals surface area contributed by atoms with Gasteiger partial charge >= 0.3 is 0 Å². The number of carbonyl (C=O) groups is 3. The van der Waals surface area contributed by atoms with Crippen molar-refractivity contribution in [3.8, 4) is 0 Å². The van der Waals surface area contributed by atoms with Gasteiger partial charge in [0.05, 0.1) is 11.7 Å². The zero-order chi connectivity index (χ0) is 28.1. The lowest BCUT2D eigenvalue weighted by molar-refractivity contribution is -0.183. The van der Waals surface area contributed by atoms with Gasteiger partial charge in [0.15, 0.2) is 11.6 Å². The topological polar surface area (TPSA) is 132 Å². The van der Waals surface area contributed by atoms with Crippen LogP contribution in [0.25, 0.3) is 0 Å². The summed E-state index contributed by atoms with van der Waals surface area (Å²) < 4.78 is 0. The van der Waals surface area contributed by atoms with Crippen LogP contribution in [0.4, 0.5) is 0 Å². The molecule has 0 heterocycles. The Morgan fingerprint density at radius 1 is 1.03 bits per heavy atom. The number of ketones is 3. The molecule has 4 aliphatic carbocycles. The summed E-state index contributed by atoms with van der Waals surface area (Å²) in [6, 6.07) is 0. The van der Waals surface area contributed by atoms with Crippen LogP contribution in [-0.2, 0) is 14.4 Å². The average molecular weight is 517 g/mol. The summed E-state index contributed by atoms with van der Waals surface area (Å²) in [4.78, 5) is 40.2. The third-order valence-electron chi connectivity index (χ3n) is 11.1. The van der Waals surface area contributed by atoms with Crippen molar-refractivity contribution in [1.82, 2.24) is 0 Å². The molecular weight excluding hydrogens is 472 g/mol. The zero-order valence-electron chi connectivity index (χ0n) is 23.5. The smallest absolute Gasteiger partial charge is 0.187 e. The van der Waals surface area contributed by atoms with Crippen LogP contribution in [0.3, 0.4) is 0 Å². The first kappa shape index (κ1) is 28.3. The molecule has 3 fully saturated rings. The van der Waals surface area contributed by atoms with E-state index in [0.29, 0.717) is 12.8 Å². The number of hydrogen-bond donors (Lipinski definition) is 4. The van der Waals surface area contributed by atoms with Crippen LogP contribution in [0, 0.1) is 39.4 Å². The maximum absolute atomic E-state index is 14.2. The minimum atomic E-state index is -1.95. The van der Waals surface area contributed by atoms with Gasteiger partial charge in [-0.3, -0.25) is 14.4 Å². The predicted octanol–water partition coefficient (Wildman–Crippen LogP) is 2.93. The van der Waals surface area contributed by atoms with Crippen molar-refractivity contribution in [2.24, 2.45) is 39.4 Å². The molecule has 0 spiro atoms. The van der Waals surface area contributed by atoms with E-state index in [1.165, 1.54) is 32.9 Å². The van der Waals surface area contributed by atoms with Gasteiger partial charge in [-0.15, -0.1) is 0 Å². The number of aliphatic hydroxyl groups is 4. The quantitative estimate of drug-likeness (QED) is 0.334. The SMILES string of the molecule is CC(C)(O)/C=C/C(=O)C(C)(O)C1C(O)CC2(C)[C@@H]3CC=C4[C@H](CC(O)C(=O)C4(C)C)C3(C)C(=O)C[C@]12C. The number of aliphatic hydroxyl groups excluding tert-OH is 2. The molecule has 7 heteroatoms. The molecule has 0 saturated heterocycles. The zero-order valence-corrected chi connectivity index (χ0v) is 23.5. The van der Waals surface area contributed by atoms with E-state index in [-0.39, 0.29) is 36.2 Å². The van der Waals surface area contributed by atoms with E-state index in [1.54, 1.807) is 0 Å². The summed E-state index contributed by atoms with van der Waals surface area (Å²) in [6.45, 7) is 14.0. The number of Topliss-reactive ketones (excluding diaryl/α,β-unsaturated/α-hetero) is 2. The Balaban J connectivity index is 1.80. The molecule has 4 aliphatic rings. The van der Waals surface area contributed by atoms with Crippen LogP contribution in [-0.4, -0.2) is 61.2 Å². The largest absolute Gasteiger partial charge is 0.393 e. The maximum Gasteiger partial charge on any atom is 0.187 e. The lowest BCUT2D eigenvalue weighted by Crippen LogP contribution is -2.65.